The second-order valence-electron chi connectivity index (χ2n) is 3.95. The Hall–Kier alpha value is -1.03. The predicted molar refractivity (Wildman–Crippen MR) is 59.9 cm³/mol. The van der Waals surface area contributed by atoms with Gasteiger partial charge in [0.05, 0.1) is 5.69 Å². The van der Waals surface area contributed by atoms with Gasteiger partial charge in [-0.15, -0.1) is 0 Å². The van der Waals surface area contributed by atoms with E-state index in [4.69, 9.17) is 4.42 Å². The van der Waals surface area contributed by atoms with Gasteiger partial charge in [0.1, 0.15) is 6.26 Å². The summed E-state index contributed by atoms with van der Waals surface area (Å²) in [5.74, 6) is 0. The smallest absolute Gasteiger partial charge is 0.297 e. The van der Waals surface area contributed by atoms with Gasteiger partial charge in [0.15, 0.2) is 0 Å². The van der Waals surface area contributed by atoms with Gasteiger partial charge in [-0.3, -0.25) is 0 Å². The summed E-state index contributed by atoms with van der Waals surface area (Å²) in [7, 11) is 0. The number of anilines is 1. The molecule has 1 saturated heterocycles. The predicted octanol–water partition coefficient (Wildman–Crippen LogP) is 1.77. The molecule has 15 heavy (non-hydrogen) atoms. The average Bonchev–Trinajstić information content (AvgIpc) is 2.76. The molecule has 1 N–H and O–H groups in total. The third-order valence-electron chi connectivity index (χ3n) is 2.72. The fourth-order valence-corrected chi connectivity index (χ4v) is 1.86. The largest absolute Gasteiger partial charge is 0.432 e. The van der Waals surface area contributed by atoms with E-state index in [1.807, 2.05) is 0 Å². The van der Waals surface area contributed by atoms with Crippen LogP contribution in [-0.4, -0.2) is 24.6 Å². The van der Waals surface area contributed by atoms with Crippen molar-refractivity contribution >= 4 is 6.01 Å². The highest BCUT2D eigenvalue weighted by Gasteiger charge is 2.15. The van der Waals surface area contributed by atoms with Crippen LogP contribution in [0.3, 0.4) is 0 Å². The molecule has 1 aliphatic heterocycles. The van der Waals surface area contributed by atoms with Gasteiger partial charge in [-0.1, -0.05) is 6.92 Å². The number of nitrogens with zero attached hydrogens (tertiary/aromatic N) is 2. The molecule has 1 aromatic rings. The highest BCUT2D eigenvalue weighted by atomic mass is 16.4. The maximum absolute atomic E-state index is 5.48. The maximum atomic E-state index is 5.48. The lowest BCUT2D eigenvalue weighted by Gasteiger charge is -2.24. The molecule has 0 atom stereocenters. The van der Waals surface area contributed by atoms with E-state index < -0.39 is 0 Å². The minimum absolute atomic E-state index is 0.794. The van der Waals surface area contributed by atoms with Crippen molar-refractivity contribution in [2.24, 2.45) is 0 Å². The lowest BCUT2D eigenvalue weighted by molar-refractivity contribution is 0.491. The van der Waals surface area contributed by atoms with Crippen LogP contribution < -0.4 is 10.2 Å². The first kappa shape index (κ1) is 10.5. The zero-order valence-electron chi connectivity index (χ0n) is 9.33. The summed E-state index contributed by atoms with van der Waals surface area (Å²) >= 11 is 0. The summed E-state index contributed by atoms with van der Waals surface area (Å²) in [5, 5.41) is 3.24. The molecule has 2 rings (SSSR count). The summed E-state index contributed by atoms with van der Waals surface area (Å²) in [6.07, 6.45) is 5.60. The Kier molecular flexibility index (Phi) is 3.61. The minimum atomic E-state index is 0.794. The highest BCUT2D eigenvalue weighted by molar-refractivity contribution is 5.27. The summed E-state index contributed by atoms with van der Waals surface area (Å²) in [5.41, 5.74) is 0.998. The average molecular weight is 209 g/mol. The molecular formula is C11H19N3O. The number of nitrogens with one attached hydrogen (secondary N) is 1. The van der Waals surface area contributed by atoms with E-state index in [1.165, 1.54) is 19.3 Å². The van der Waals surface area contributed by atoms with Crippen molar-refractivity contribution in [2.75, 3.05) is 24.5 Å². The van der Waals surface area contributed by atoms with Crippen LogP contribution in [-0.2, 0) is 6.54 Å². The van der Waals surface area contributed by atoms with Crippen molar-refractivity contribution in [3.8, 4) is 0 Å². The Bertz CT molecular complexity index is 292. The molecule has 1 aromatic heterocycles. The SMILES string of the molecule is CCNCc1coc(N2CCCCC2)n1. The van der Waals surface area contributed by atoms with Gasteiger partial charge < -0.3 is 14.6 Å². The third kappa shape index (κ3) is 2.72. The minimum Gasteiger partial charge on any atom is -0.432 e. The van der Waals surface area contributed by atoms with Crippen molar-refractivity contribution in [2.45, 2.75) is 32.7 Å². The van der Waals surface area contributed by atoms with Crippen LogP contribution in [0.4, 0.5) is 6.01 Å². The molecule has 0 spiro atoms. The van der Waals surface area contributed by atoms with Crippen LogP contribution >= 0.6 is 0 Å². The van der Waals surface area contributed by atoms with E-state index in [1.54, 1.807) is 6.26 Å². The molecular weight excluding hydrogens is 190 g/mol. The topological polar surface area (TPSA) is 41.3 Å². The Labute approximate surface area is 90.7 Å². The van der Waals surface area contributed by atoms with E-state index >= 15 is 0 Å². The third-order valence-corrected chi connectivity index (χ3v) is 2.72. The monoisotopic (exact) mass is 209 g/mol. The van der Waals surface area contributed by atoms with Crippen molar-refractivity contribution in [1.82, 2.24) is 10.3 Å². The van der Waals surface area contributed by atoms with Crippen LogP contribution in [0.1, 0.15) is 31.9 Å². The molecule has 1 aliphatic rings. The van der Waals surface area contributed by atoms with E-state index in [0.29, 0.717) is 0 Å². The van der Waals surface area contributed by atoms with Crippen LogP contribution in [0, 0.1) is 0 Å². The maximum Gasteiger partial charge on any atom is 0.297 e. The van der Waals surface area contributed by atoms with E-state index in [-0.39, 0.29) is 0 Å². The van der Waals surface area contributed by atoms with Gasteiger partial charge >= 0.3 is 0 Å². The summed E-state index contributed by atoms with van der Waals surface area (Å²) in [4.78, 5) is 6.70. The zero-order chi connectivity index (χ0) is 10.5. The zero-order valence-corrected chi connectivity index (χ0v) is 9.33. The lowest BCUT2D eigenvalue weighted by Crippen LogP contribution is -2.29. The van der Waals surface area contributed by atoms with E-state index in [9.17, 15) is 0 Å². The first-order valence-electron chi connectivity index (χ1n) is 5.80. The molecule has 84 valence electrons. The van der Waals surface area contributed by atoms with Crippen molar-refractivity contribution < 1.29 is 4.42 Å². The van der Waals surface area contributed by atoms with Gasteiger partial charge in [0.2, 0.25) is 0 Å². The molecule has 0 radical (unpaired) electrons. The van der Waals surface area contributed by atoms with E-state index in [2.05, 4.69) is 22.1 Å². The molecule has 0 unspecified atom stereocenters. The van der Waals surface area contributed by atoms with Crippen LogP contribution in [0.5, 0.6) is 0 Å². The van der Waals surface area contributed by atoms with Crippen molar-refractivity contribution in [3.05, 3.63) is 12.0 Å². The van der Waals surface area contributed by atoms with Crippen molar-refractivity contribution in [1.29, 1.82) is 0 Å². The van der Waals surface area contributed by atoms with Gasteiger partial charge in [0.25, 0.3) is 6.01 Å². The Balaban J connectivity index is 1.93. The number of hydrogen-bond acceptors (Lipinski definition) is 4. The first-order chi connectivity index (χ1) is 7.40. The number of rotatable bonds is 4. The number of hydrogen-bond donors (Lipinski definition) is 1. The summed E-state index contributed by atoms with van der Waals surface area (Å²) < 4.78 is 5.48. The molecule has 0 amide bonds. The fraction of sp³-hybridized carbons (Fsp3) is 0.727. The summed E-state index contributed by atoms with van der Waals surface area (Å²) in [6, 6.07) is 0.794. The second-order valence-corrected chi connectivity index (χ2v) is 3.95. The normalized spacial score (nSPS) is 17.0. The Morgan fingerprint density at radius 1 is 1.40 bits per heavy atom. The second kappa shape index (κ2) is 5.16. The molecule has 0 aliphatic carbocycles. The number of piperidine rings is 1. The molecule has 4 nitrogen and oxygen atoms in total. The molecule has 0 bridgehead atoms. The van der Waals surface area contributed by atoms with Gasteiger partial charge in [-0.05, 0) is 25.8 Å². The summed E-state index contributed by atoms with van der Waals surface area (Å²) in [6.45, 7) is 6.02. The highest BCUT2D eigenvalue weighted by Crippen LogP contribution is 2.18. The molecule has 4 heteroatoms. The molecule has 0 aromatic carbocycles. The first-order valence-corrected chi connectivity index (χ1v) is 5.80. The van der Waals surface area contributed by atoms with Gasteiger partial charge in [-0.25, -0.2) is 0 Å². The van der Waals surface area contributed by atoms with E-state index in [0.717, 1.165) is 37.9 Å². The van der Waals surface area contributed by atoms with Crippen LogP contribution in [0.15, 0.2) is 10.7 Å². The Morgan fingerprint density at radius 2 is 2.20 bits per heavy atom. The molecule has 1 fully saturated rings. The molecule has 2 heterocycles. The fourth-order valence-electron chi connectivity index (χ4n) is 1.86. The van der Waals surface area contributed by atoms with Crippen LogP contribution in [0.2, 0.25) is 0 Å². The van der Waals surface area contributed by atoms with Gasteiger partial charge in [0, 0.05) is 19.6 Å². The standard InChI is InChI=1S/C11H19N3O/c1-2-12-8-10-9-15-11(13-10)14-6-4-3-5-7-14/h9,12H,2-8H2,1H3. The quantitative estimate of drug-likeness (QED) is 0.820. The Morgan fingerprint density at radius 3 is 2.93 bits per heavy atom. The number of aromatic nitrogens is 1. The number of oxazole rings is 1. The molecule has 0 saturated carbocycles. The lowest BCUT2D eigenvalue weighted by atomic mass is 10.1. The van der Waals surface area contributed by atoms with Crippen LogP contribution in [0.25, 0.3) is 0 Å². The van der Waals surface area contributed by atoms with Gasteiger partial charge in [-0.2, -0.15) is 4.98 Å². The van der Waals surface area contributed by atoms with Crippen molar-refractivity contribution in [3.63, 3.8) is 0 Å².